The largest absolute Gasteiger partial charge is 0.357 e. The molecule has 0 saturated carbocycles. The molecule has 1 atom stereocenters. The Labute approximate surface area is 168 Å². The molecule has 0 aliphatic carbocycles. The van der Waals surface area contributed by atoms with Gasteiger partial charge in [-0.05, 0) is 45.2 Å². The predicted molar refractivity (Wildman–Crippen MR) is 115 cm³/mol. The molecule has 1 aliphatic rings. The van der Waals surface area contributed by atoms with Crippen LogP contribution in [-0.4, -0.2) is 63.0 Å². The van der Waals surface area contributed by atoms with Crippen LogP contribution in [0.5, 0.6) is 0 Å². The van der Waals surface area contributed by atoms with Gasteiger partial charge in [-0.2, -0.15) is 0 Å². The summed E-state index contributed by atoms with van der Waals surface area (Å²) >= 11 is 1.91. The van der Waals surface area contributed by atoms with E-state index in [-0.39, 0.29) is 0 Å². The molecule has 0 spiro atoms. The Balaban J connectivity index is 1.92. The highest BCUT2D eigenvalue weighted by Crippen LogP contribution is 2.26. The molecule has 2 rings (SSSR count). The second-order valence-electron chi connectivity index (χ2n) is 7.65. The molecule has 1 fully saturated rings. The van der Waals surface area contributed by atoms with Crippen LogP contribution in [0.3, 0.4) is 0 Å². The average molecular weight is 413 g/mol. The lowest BCUT2D eigenvalue weighted by Gasteiger charge is -2.26. The summed E-state index contributed by atoms with van der Waals surface area (Å²) < 4.78 is 25.7. The molecule has 1 unspecified atom stereocenters. The van der Waals surface area contributed by atoms with Gasteiger partial charge in [0.1, 0.15) is 0 Å². The van der Waals surface area contributed by atoms with Crippen LogP contribution in [0.25, 0.3) is 0 Å². The smallest absolute Gasteiger partial charge is 0.209 e. The summed E-state index contributed by atoms with van der Waals surface area (Å²) in [5.41, 5.74) is -0.615. The van der Waals surface area contributed by atoms with Gasteiger partial charge in [0.2, 0.25) is 10.0 Å². The van der Waals surface area contributed by atoms with Gasteiger partial charge in [0.25, 0.3) is 0 Å². The minimum Gasteiger partial charge on any atom is -0.357 e. The fourth-order valence-corrected chi connectivity index (χ4v) is 5.24. The highest BCUT2D eigenvalue weighted by Gasteiger charge is 2.26. The zero-order chi connectivity index (χ0) is 19.9. The topological polar surface area (TPSA) is 73.8 Å². The fraction of sp³-hybridized carbons (Fsp3) is 0.632. The Morgan fingerprint density at radius 2 is 2.04 bits per heavy atom. The molecule has 0 radical (unpaired) electrons. The van der Waals surface area contributed by atoms with Crippen LogP contribution >= 0.6 is 11.8 Å². The number of benzene rings is 1. The van der Waals surface area contributed by atoms with E-state index in [1.54, 1.807) is 0 Å². The van der Waals surface area contributed by atoms with Crippen molar-refractivity contribution in [2.45, 2.75) is 37.6 Å². The van der Waals surface area contributed by atoms with E-state index in [9.17, 15) is 8.42 Å². The molecule has 0 bridgehead atoms. The Morgan fingerprint density at radius 3 is 2.67 bits per heavy atom. The maximum Gasteiger partial charge on any atom is 0.209 e. The lowest BCUT2D eigenvalue weighted by Crippen LogP contribution is -2.47. The van der Waals surface area contributed by atoms with Crippen molar-refractivity contribution in [1.82, 2.24) is 14.9 Å². The molecule has 1 heterocycles. The number of guanidine groups is 1. The molecule has 8 heteroatoms. The summed E-state index contributed by atoms with van der Waals surface area (Å²) in [6.45, 7) is 8.89. The third kappa shape index (κ3) is 8.11. The highest BCUT2D eigenvalue weighted by atomic mass is 32.2. The van der Waals surface area contributed by atoms with E-state index in [4.69, 9.17) is 4.99 Å². The summed E-state index contributed by atoms with van der Waals surface area (Å²) in [6.07, 6.45) is 2.33. The van der Waals surface area contributed by atoms with E-state index in [2.05, 4.69) is 39.2 Å². The van der Waals surface area contributed by atoms with Gasteiger partial charge in [-0.15, -0.1) is 11.8 Å². The van der Waals surface area contributed by atoms with Gasteiger partial charge in [-0.25, -0.2) is 13.1 Å². The van der Waals surface area contributed by atoms with Crippen LogP contribution in [0.15, 0.2) is 40.2 Å². The first-order chi connectivity index (χ1) is 12.7. The second kappa shape index (κ2) is 9.80. The van der Waals surface area contributed by atoms with Crippen molar-refractivity contribution < 1.29 is 8.42 Å². The Morgan fingerprint density at radius 1 is 1.33 bits per heavy atom. The van der Waals surface area contributed by atoms with Crippen LogP contribution < -0.4 is 10.0 Å². The maximum absolute atomic E-state index is 11.5. The van der Waals surface area contributed by atoms with E-state index < -0.39 is 15.6 Å². The van der Waals surface area contributed by atoms with Gasteiger partial charge in [-0.3, -0.25) is 4.99 Å². The summed E-state index contributed by atoms with van der Waals surface area (Å²) in [4.78, 5) is 8.30. The number of hydrogen-bond donors (Lipinski definition) is 2. The fourth-order valence-electron chi connectivity index (χ4n) is 3.12. The van der Waals surface area contributed by atoms with Crippen molar-refractivity contribution in [2.75, 3.05) is 38.2 Å². The zero-order valence-electron chi connectivity index (χ0n) is 16.7. The average Bonchev–Trinajstić information content (AvgIpc) is 3.04. The SMILES string of the molecule is CCNC(=NCC(C)(C)NS(C)(=O)=O)N1CCC(CSc2ccccc2)C1. The van der Waals surface area contributed by atoms with Gasteiger partial charge >= 0.3 is 0 Å². The summed E-state index contributed by atoms with van der Waals surface area (Å²) in [6, 6.07) is 10.5. The molecular weight excluding hydrogens is 380 g/mol. The molecule has 27 heavy (non-hydrogen) atoms. The van der Waals surface area contributed by atoms with Crippen LogP contribution in [0.2, 0.25) is 0 Å². The van der Waals surface area contributed by atoms with Crippen LogP contribution in [0, 0.1) is 5.92 Å². The van der Waals surface area contributed by atoms with Crippen molar-refractivity contribution in [3.05, 3.63) is 30.3 Å². The maximum atomic E-state index is 11.5. The minimum atomic E-state index is -3.26. The lowest BCUT2D eigenvalue weighted by molar-refractivity contribution is 0.446. The summed E-state index contributed by atoms with van der Waals surface area (Å²) in [7, 11) is -3.26. The minimum absolute atomic E-state index is 0.391. The second-order valence-corrected chi connectivity index (χ2v) is 10.5. The number of likely N-dealkylation sites (tertiary alicyclic amines) is 1. The predicted octanol–water partition coefficient (Wildman–Crippen LogP) is 2.39. The van der Waals surface area contributed by atoms with Crippen molar-refractivity contribution in [3.8, 4) is 0 Å². The van der Waals surface area contributed by atoms with Gasteiger partial charge in [0, 0.05) is 35.8 Å². The molecule has 1 aromatic carbocycles. The van der Waals surface area contributed by atoms with E-state index >= 15 is 0 Å². The van der Waals surface area contributed by atoms with E-state index in [0.29, 0.717) is 12.5 Å². The molecule has 2 N–H and O–H groups in total. The molecule has 1 aromatic rings. The van der Waals surface area contributed by atoms with Gasteiger partial charge in [-0.1, -0.05) is 18.2 Å². The Bertz CT molecular complexity index is 720. The van der Waals surface area contributed by atoms with Crippen molar-refractivity contribution in [1.29, 1.82) is 0 Å². The summed E-state index contributed by atoms with van der Waals surface area (Å²) in [5.74, 6) is 2.59. The molecular formula is C19H32N4O2S2. The highest BCUT2D eigenvalue weighted by molar-refractivity contribution is 7.99. The number of rotatable bonds is 8. The molecule has 6 nitrogen and oxygen atoms in total. The Kier molecular flexibility index (Phi) is 8.00. The van der Waals surface area contributed by atoms with Gasteiger partial charge in [0.15, 0.2) is 5.96 Å². The van der Waals surface area contributed by atoms with Gasteiger partial charge in [0.05, 0.1) is 12.8 Å². The van der Waals surface area contributed by atoms with E-state index in [1.807, 2.05) is 38.6 Å². The number of hydrogen-bond acceptors (Lipinski definition) is 4. The van der Waals surface area contributed by atoms with Gasteiger partial charge < -0.3 is 10.2 Å². The van der Waals surface area contributed by atoms with Crippen LogP contribution in [0.1, 0.15) is 27.2 Å². The summed E-state index contributed by atoms with van der Waals surface area (Å²) in [5, 5.41) is 3.35. The molecule has 1 saturated heterocycles. The number of sulfonamides is 1. The van der Waals surface area contributed by atoms with E-state index in [0.717, 1.165) is 37.8 Å². The molecule has 152 valence electrons. The zero-order valence-corrected chi connectivity index (χ0v) is 18.4. The number of nitrogens with one attached hydrogen (secondary N) is 2. The number of aliphatic imine (C=N–C) groups is 1. The molecule has 0 aromatic heterocycles. The lowest BCUT2D eigenvalue weighted by atomic mass is 10.1. The van der Waals surface area contributed by atoms with Crippen LogP contribution in [-0.2, 0) is 10.0 Å². The van der Waals surface area contributed by atoms with Crippen molar-refractivity contribution in [2.24, 2.45) is 10.9 Å². The van der Waals surface area contributed by atoms with Crippen molar-refractivity contribution >= 4 is 27.7 Å². The Hall–Kier alpha value is -1.25. The first-order valence-corrected chi connectivity index (χ1v) is 12.3. The third-order valence-electron chi connectivity index (χ3n) is 4.23. The quantitative estimate of drug-likeness (QED) is 0.390. The van der Waals surface area contributed by atoms with Crippen molar-refractivity contribution in [3.63, 3.8) is 0 Å². The molecule has 0 amide bonds. The normalized spacial score (nSPS) is 18.7. The third-order valence-corrected chi connectivity index (χ3v) is 6.40. The first-order valence-electron chi connectivity index (χ1n) is 9.38. The standard InChI is InChI=1S/C19H32N4O2S2/c1-5-20-18(21-15-19(2,3)22-27(4,24)25)23-12-11-16(13-23)14-26-17-9-7-6-8-10-17/h6-10,16,22H,5,11-15H2,1-4H3,(H,20,21). The number of thioether (sulfide) groups is 1. The molecule has 1 aliphatic heterocycles. The van der Waals surface area contributed by atoms with Crippen LogP contribution in [0.4, 0.5) is 0 Å². The van der Waals surface area contributed by atoms with E-state index in [1.165, 1.54) is 11.2 Å². The first kappa shape index (κ1) is 22.0. The monoisotopic (exact) mass is 412 g/mol. The number of nitrogens with zero attached hydrogens (tertiary/aromatic N) is 2.